The van der Waals surface area contributed by atoms with Crippen LogP contribution in [0.15, 0.2) is 95.1 Å². The summed E-state index contributed by atoms with van der Waals surface area (Å²) >= 11 is 0. The predicted octanol–water partition coefficient (Wildman–Crippen LogP) is 8.19. The van der Waals surface area contributed by atoms with Gasteiger partial charge in [0, 0.05) is 55.9 Å². The molecule has 0 atom stereocenters. The molecule has 3 aromatic carbocycles. The molecule has 1 amide bonds. The van der Waals surface area contributed by atoms with E-state index in [-0.39, 0.29) is 5.91 Å². The fourth-order valence-corrected chi connectivity index (χ4v) is 6.47. The molecular weight excluding hydrogens is 614 g/mol. The van der Waals surface area contributed by atoms with Gasteiger partial charge >= 0.3 is 0 Å². The third kappa shape index (κ3) is 9.63. The summed E-state index contributed by atoms with van der Waals surface area (Å²) in [7, 11) is 2.18. The van der Waals surface area contributed by atoms with E-state index >= 15 is 0 Å². The van der Waals surface area contributed by atoms with Crippen molar-refractivity contribution in [2.45, 2.75) is 58.2 Å². The summed E-state index contributed by atoms with van der Waals surface area (Å²) in [5, 5.41) is 3.16. The summed E-state index contributed by atoms with van der Waals surface area (Å²) in [5.74, 6) is 1.63. The van der Waals surface area contributed by atoms with E-state index in [0.29, 0.717) is 38.8 Å². The number of ether oxygens (including phenoxy) is 3. The maximum Gasteiger partial charge on any atom is 0.251 e. The molecular formula is C41H49N3O5. The van der Waals surface area contributed by atoms with Crippen molar-refractivity contribution >= 4 is 23.4 Å². The molecule has 3 heterocycles. The van der Waals surface area contributed by atoms with Crippen LogP contribution in [0.1, 0.15) is 55.9 Å². The molecule has 0 bridgehead atoms. The minimum Gasteiger partial charge on any atom is -0.491 e. The Labute approximate surface area is 290 Å². The number of carbonyl (C=O) groups is 1. The molecule has 2 aliphatic rings. The second-order valence-corrected chi connectivity index (χ2v) is 12.9. The van der Waals surface area contributed by atoms with Crippen LogP contribution >= 0.6 is 0 Å². The number of carbonyl (C=O) groups excluding carboxylic acids is 1. The lowest BCUT2D eigenvalue weighted by Gasteiger charge is -2.31. The van der Waals surface area contributed by atoms with Gasteiger partial charge in [0.25, 0.3) is 5.91 Å². The molecule has 8 nitrogen and oxygen atoms in total. The normalized spacial score (nSPS) is 15.1. The molecule has 6 rings (SSSR count). The SMILES string of the molecule is CCCCOCCOc1ccc(-c2ccc3c(c2)C=C(C(=O)Nc2ccc(CN(C)C4CCOCC4)cc2)CCN3Cc2ccco2)cc1. The molecule has 0 spiro atoms. The third-order valence-corrected chi connectivity index (χ3v) is 9.35. The van der Waals surface area contributed by atoms with Crippen LogP contribution in [-0.4, -0.2) is 63.5 Å². The minimum atomic E-state index is -0.0801. The number of hydrogen-bond donors (Lipinski definition) is 1. The van der Waals surface area contributed by atoms with Crippen LogP contribution in [0.5, 0.6) is 5.75 Å². The summed E-state index contributed by atoms with van der Waals surface area (Å²) in [5.41, 5.74) is 7.00. The van der Waals surface area contributed by atoms with Crippen LogP contribution < -0.4 is 15.0 Å². The van der Waals surface area contributed by atoms with Crippen molar-refractivity contribution in [3.05, 3.63) is 108 Å². The van der Waals surface area contributed by atoms with Crippen LogP contribution in [0.2, 0.25) is 0 Å². The van der Waals surface area contributed by atoms with E-state index < -0.39 is 0 Å². The molecule has 8 heteroatoms. The molecule has 1 aromatic heterocycles. The Kier molecular flexibility index (Phi) is 12.2. The first-order chi connectivity index (χ1) is 24.1. The molecule has 0 radical (unpaired) electrons. The lowest BCUT2D eigenvalue weighted by atomic mass is 10.00. The topological polar surface area (TPSA) is 76.4 Å². The number of rotatable bonds is 15. The molecule has 4 aromatic rings. The Morgan fingerprint density at radius 3 is 2.51 bits per heavy atom. The zero-order valence-corrected chi connectivity index (χ0v) is 28.9. The van der Waals surface area contributed by atoms with Crippen LogP contribution in [0.3, 0.4) is 0 Å². The van der Waals surface area contributed by atoms with Crippen molar-refractivity contribution in [3.8, 4) is 16.9 Å². The van der Waals surface area contributed by atoms with Gasteiger partial charge in [0.15, 0.2) is 0 Å². The number of furan rings is 1. The number of anilines is 2. The first-order valence-electron chi connectivity index (χ1n) is 17.7. The highest BCUT2D eigenvalue weighted by Crippen LogP contribution is 2.34. The second-order valence-electron chi connectivity index (χ2n) is 12.9. The number of nitrogens with one attached hydrogen (secondary N) is 1. The van der Waals surface area contributed by atoms with E-state index in [1.165, 1.54) is 5.56 Å². The fraction of sp³-hybridized carbons (Fsp3) is 0.390. The first kappa shape index (κ1) is 34.5. The van der Waals surface area contributed by atoms with Gasteiger partial charge < -0.3 is 28.8 Å². The molecule has 49 heavy (non-hydrogen) atoms. The Bertz CT molecular complexity index is 1640. The van der Waals surface area contributed by atoms with Gasteiger partial charge in [-0.2, -0.15) is 0 Å². The molecule has 0 unspecified atom stereocenters. The Hall–Kier alpha value is -4.37. The van der Waals surface area contributed by atoms with Gasteiger partial charge in [-0.25, -0.2) is 0 Å². The van der Waals surface area contributed by atoms with Crippen LogP contribution in [0, 0.1) is 0 Å². The van der Waals surface area contributed by atoms with Gasteiger partial charge in [0.1, 0.15) is 18.1 Å². The molecule has 1 N–H and O–H groups in total. The molecule has 1 saturated heterocycles. The van der Waals surface area contributed by atoms with Gasteiger partial charge in [-0.05, 0) is 110 Å². The van der Waals surface area contributed by atoms with E-state index in [1.807, 2.05) is 42.5 Å². The first-order valence-corrected chi connectivity index (χ1v) is 17.7. The molecule has 0 aliphatic carbocycles. The number of fused-ring (bicyclic) bond motifs is 1. The summed E-state index contributed by atoms with van der Waals surface area (Å²) in [6.07, 6.45) is 8.69. The van der Waals surface area contributed by atoms with E-state index in [9.17, 15) is 4.79 Å². The Morgan fingerprint density at radius 1 is 0.959 bits per heavy atom. The fourth-order valence-electron chi connectivity index (χ4n) is 6.47. The van der Waals surface area contributed by atoms with Crippen molar-refractivity contribution in [2.75, 3.05) is 56.8 Å². The number of amides is 1. The zero-order valence-electron chi connectivity index (χ0n) is 28.9. The monoisotopic (exact) mass is 663 g/mol. The lowest BCUT2D eigenvalue weighted by molar-refractivity contribution is -0.112. The van der Waals surface area contributed by atoms with Crippen molar-refractivity contribution in [1.82, 2.24) is 4.90 Å². The number of unbranched alkanes of at least 4 members (excludes halogenated alkanes) is 1. The van der Waals surface area contributed by atoms with Gasteiger partial charge in [-0.1, -0.05) is 43.7 Å². The van der Waals surface area contributed by atoms with Crippen molar-refractivity contribution in [3.63, 3.8) is 0 Å². The molecule has 2 aliphatic heterocycles. The van der Waals surface area contributed by atoms with Gasteiger partial charge in [0.2, 0.25) is 0 Å². The van der Waals surface area contributed by atoms with E-state index in [4.69, 9.17) is 18.6 Å². The van der Waals surface area contributed by atoms with Gasteiger partial charge in [-0.15, -0.1) is 0 Å². The predicted molar refractivity (Wildman–Crippen MR) is 196 cm³/mol. The second kappa shape index (κ2) is 17.3. The maximum atomic E-state index is 13.7. The van der Waals surface area contributed by atoms with E-state index in [1.54, 1.807) is 6.26 Å². The Morgan fingerprint density at radius 2 is 1.76 bits per heavy atom. The van der Waals surface area contributed by atoms with E-state index in [0.717, 1.165) is 97.2 Å². The Balaban J connectivity index is 1.15. The summed E-state index contributed by atoms with van der Waals surface area (Å²) in [4.78, 5) is 18.4. The summed E-state index contributed by atoms with van der Waals surface area (Å²) < 4.78 is 22.7. The summed E-state index contributed by atoms with van der Waals surface area (Å²) in [6, 6.07) is 27.3. The maximum absolute atomic E-state index is 13.7. The largest absolute Gasteiger partial charge is 0.491 e. The van der Waals surface area contributed by atoms with Crippen LogP contribution in [-0.2, 0) is 27.4 Å². The highest BCUT2D eigenvalue weighted by Gasteiger charge is 2.22. The number of nitrogens with zero attached hydrogens (tertiary/aromatic N) is 2. The standard InChI is InChI=1S/C41H49N3O5/c1-3-4-21-46-25-26-49-38-14-9-32(10-15-38)33-11-16-40-35(27-33)28-34(17-20-44(40)30-39-6-5-22-48-39)41(45)42-36-12-7-31(8-13-36)29-43(2)37-18-23-47-24-19-37/h5-16,22,27-28,37H,3-4,17-21,23-26,29-30H2,1-2H3,(H,42,45). The minimum absolute atomic E-state index is 0.0801. The third-order valence-electron chi connectivity index (χ3n) is 9.35. The smallest absolute Gasteiger partial charge is 0.251 e. The zero-order chi connectivity index (χ0) is 33.8. The van der Waals surface area contributed by atoms with E-state index in [2.05, 4.69) is 71.6 Å². The molecule has 0 saturated carbocycles. The summed E-state index contributed by atoms with van der Waals surface area (Å²) in [6.45, 7) is 7.90. The molecule has 1 fully saturated rings. The lowest BCUT2D eigenvalue weighted by Crippen LogP contribution is -2.36. The van der Waals surface area contributed by atoms with Crippen LogP contribution in [0.25, 0.3) is 17.2 Å². The number of hydrogen-bond acceptors (Lipinski definition) is 7. The van der Waals surface area contributed by atoms with Gasteiger partial charge in [0.05, 0.1) is 19.4 Å². The average Bonchev–Trinajstić information content (AvgIpc) is 3.58. The van der Waals surface area contributed by atoms with Crippen molar-refractivity contribution < 1.29 is 23.4 Å². The number of benzene rings is 3. The quantitative estimate of drug-likeness (QED) is 0.129. The molecule has 258 valence electrons. The van der Waals surface area contributed by atoms with Crippen molar-refractivity contribution in [2.24, 2.45) is 0 Å². The van der Waals surface area contributed by atoms with Crippen molar-refractivity contribution in [1.29, 1.82) is 0 Å². The highest BCUT2D eigenvalue weighted by molar-refractivity contribution is 6.07. The van der Waals surface area contributed by atoms with Crippen LogP contribution in [0.4, 0.5) is 11.4 Å². The highest BCUT2D eigenvalue weighted by atomic mass is 16.5. The van der Waals surface area contributed by atoms with Gasteiger partial charge in [-0.3, -0.25) is 9.69 Å². The average molecular weight is 664 g/mol.